The second-order valence-corrected chi connectivity index (χ2v) is 8.93. The normalized spacial score (nSPS) is 19.1. The Labute approximate surface area is 167 Å². The van der Waals surface area contributed by atoms with E-state index in [-0.39, 0.29) is 17.4 Å². The molecule has 2 heterocycles. The number of aromatic amines is 1. The molecule has 7 heteroatoms. The van der Waals surface area contributed by atoms with Gasteiger partial charge in [0.15, 0.2) is 0 Å². The zero-order chi connectivity index (χ0) is 20.0. The van der Waals surface area contributed by atoms with Gasteiger partial charge in [-0.1, -0.05) is 29.8 Å². The number of thiophene rings is 1. The molecule has 2 aromatic heterocycles. The van der Waals surface area contributed by atoms with Gasteiger partial charge in [0.1, 0.15) is 10.7 Å². The van der Waals surface area contributed by atoms with E-state index in [9.17, 15) is 9.59 Å². The fourth-order valence-electron chi connectivity index (χ4n) is 3.85. The first-order chi connectivity index (χ1) is 13.3. The predicted molar refractivity (Wildman–Crippen MR) is 112 cm³/mol. The van der Waals surface area contributed by atoms with Gasteiger partial charge in [-0.3, -0.25) is 14.5 Å². The minimum atomic E-state index is -0.227. The summed E-state index contributed by atoms with van der Waals surface area (Å²) in [4.78, 5) is 35.8. The van der Waals surface area contributed by atoms with Crippen molar-refractivity contribution in [3.8, 4) is 11.1 Å². The quantitative estimate of drug-likeness (QED) is 0.693. The van der Waals surface area contributed by atoms with Gasteiger partial charge in [-0.25, -0.2) is 4.98 Å². The number of hydrogen-bond acceptors (Lipinski definition) is 5. The summed E-state index contributed by atoms with van der Waals surface area (Å²) in [5.74, 6) is 0.397. The lowest BCUT2D eigenvalue weighted by Gasteiger charge is -2.39. The van der Waals surface area contributed by atoms with Crippen molar-refractivity contribution < 1.29 is 4.79 Å². The zero-order valence-corrected chi connectivity index (χ0v) is 17.1. The molecule has 1 amide bonds. The average molecular weight is 397 g/mol. The number of nitrogens with one attached hydrogen (secondary N) is 1. The van der Waals surface area contributed by atoms with Crippen molar-refractivity contribution in [2.24, 2.45) is 11.7 Å². The summed E-state index contributed by atoms with van der Waals surface area (Å²) in [6, 6.07) is 8.52. The Bertz CT molecular complexity index is 1090. The molecule has 0 unspecified atom stereocenters. The van der Waals surface area contributed by atoms with Gasteiger partial charge >= 0.3 is 0 Å². The number of carbonyl (C=O) groups is 1. The van der Waals surface area contributed by atoms with Crippen molar-refractivity contribution in [1.82, 2.24) is 14.9 Å². The Kier molecular flexibility index (Phi) is 4.81. The van der Waals surface area contributed by atoms with Crippen molar-refractivity contribution in [1.29, 1.82) is 0 Å². The van der Waals surface area contributed by atoms with Crippen LogP contribution in [-0.4, -0.2) is 33.9 Å². The highest BCUT2D eigenvalue weighted by Crippen LogP contribution is 2.36. The summed E-state index contributed by atoms with van der Waals surface area (Å²) in [6.45, 7) is 4.62. The molecule has 28 heavy (non-hydrogen) atoms. The number of rotatable bonds is 5. The maximum atomic E-state index is 12.9. The first-order valence-corrected chi connectivity index (χ1v) is 10.2. The SMILES string of the molecule is Cc1ccc(-c2c(C)sc3nc(CN(C)C4CC(C(N)=O)C4)[nH]c(=O)c23)cc1. The van der Waals surface area contributed by atoms with E-state index in [1.165, 1.54) is 5.56 Å². The molecule has 3 N–H and O–H groups in total. The van der Waals surface area contributed by atoms with Gasteiger partial charge in [0.2, 0.25) is 5.91 Å². The molecule has 0 spiro atoms. The molecule has 0 bridgehead atoms. The minimum Gasteiger partial charge on any atom is -0.369 e. The van der Waals surface area contributed by atoms with Crippen molar-refractivity contribution in [2.75, 3.05) is 7.05 Å². The number of carbonyl (C=O) groups excluding carboxylic acids is 1. The first kappa shape index (κ1) is 18.8. The number of aromatic nitrogens is 2. The summed E-state index contributed by atoms with van der Waals surface area (Å²) in [5, 5.41) is 0.662. The summed E-state index contributed by atoms with van der Waals surface area (Å²) in [6.07, 6.45) is 1.54. The highest BCUT2D eigenvalue weighted by atomic mass is 32.1. The van der Waals surface area contributed by atoms with Gasteiger partial charge in [0.05, 0.1) is 11.9 Å². The molecule has 0 atom stereocenters. The Balaban J connectivity index is 1.62. The predicted octanol–water partition coefficient (Wildman–Crippen LogP) is 2.96. The van der Waals surface area contributed by atoms with E-state index in [1.807, 2.05) is 20.9 Å². The van der Waals surface area contributed by atoms with E-state index in [2.05, 4.69) is 34.1 Å². The van der Waals surface area contributed by atoms with Crippen LogP contribution in [0, 0.1) is 19.8 Å². The van der Waals surface area contributed by atoms with Crippen molar-refractivity contribution >= 4 is 27.5 Å². The smallest absolute Gasteiger partial charge is 0.260 e. The van der Waals surface area contributed by atoms with E-state index in [0.717, 1.165) is 33.7 Å². The number of primary amides is 1. The van der Waals surface area contributed by atoms with E-state index < -0.39 is 0 Å². The Morgan fingerprint density at radius 3 is 2.61 bits per heavy atom. The number of benzene rings is 1. The van der Waals surface area contributed by atoms with Gasteiger partial charge < -0.3 is 10.7 Å². The molecule has 6 nitrogen and oxygen atoms in total. The molecule has 1 fully saturated rings. The van der Waals surface area contributed by atoms with E-state index in [0.29, 0.717) is 23.8 Å². The summed E-state index contributed by atoms with van der Waals surface area (Å²) < 4.78 is 0. The van der Waals surface area contributed by atoms with Gasteiger partial charge in [-0.2, -0.15) is 0 Å². The summed E-state index contributed by atoms with van der Waals surface area (Å²) in [7, 11) is 1.99. The molecule has 1 saturated carbocycles. The molecule has 0 aliphatic heterocycles. The molecule has 1 aromatic carbocycles. The molecule has 1 aliphatic carbocycles. The van der Waals surface area contributed by atoms with Gasteiger partial charge in [-0.15, -0.1) is 11.3 Å². The topological polar surface area (TPSA) is 92.1 Å². The largest absolute Gasteiger partial charge is 0.369 e. The minimum absolute atomic E-state index is 0.0287. The van der Waals surface area contributed by atoms with Crippen LogP contribution in [0.5, 0.6) is 0 Å². The van der Waals surface area contributed by atoms with Crippen LogP contribution in [0.25, 0.3) is 21.3 Å². The standard InChI is InChI=1S/C21H24N4O2S/c1-11-4-6-13(7-5-11)17-12(2)28-21-18(17)20(27)23-16(24-21)10-25(3)15-8-14(9-15)19(22)26/h4-7,14-15H,8-10H2,1-3H3,(H2,22,26)(H,23,24,27). The molecular weight excluding hydrogens is 372 g/mol. The second kappa shape index (κ2) is 7.14. The number of nitrogens with zero attached hydrogens (tertiary/aromatic N) is 2. The van der Waals surface area contributed by atoms with Crippen LogP contribution in [0.3, 0.4) is 0 Å². The van der Waals surface area contributed by atoms with E-state index in [1.54, 1.807) is 11.3 Å². The highest BCUT2D eigenvalue weighted by molar-refractivity contribution is 7.19. The molecule has 1 aliphatic rings. The summed E-state index contributed by atoms with van der Waals surface area (Å²) >= 11 is 1.55. The Morgan fingerprint density at radius 2 is 1.96 bits per heavy atom. The van der Waals surface area contributed by atoms with Crippen LogP contribution in [0.2, 0.25) is 0 Å². The summed E-state index contributed by atoms with van der Waals surface area (Å²) in [5.41, 5.74) is 8.45. The van der Waals surface area contributed by atoms with Crippen LogP contribution >= 0.6 is 11.3 Å². The van der Waals surface area contributed by atoms with Crippen molar-refractivity contribution in [3.05, 3.63) is 50.9 Å². The van der Waals surface area contributed by atoms with Crippen LogP contribution in [0.4, 0.5) is 0 Å². The van der Waals surface area contributed by atoms with E-state index in [4.69, 9.17) is 10.7 Å². The van der Waals surface area contributed by atoms with Crippen LogP contribution in [0.15, 0.2) is 29.1 Å². The highest BCUT2D eigenvalue weighted by Gasteiger charge is 2.35. The fraction of sp³-hybridized carbons (Fsp3) is 0.381. The molecule has 4 rings (SSSR count). The molecular formula is C21H24N4O2S. The van der Waals surface area contributed by atoms with Crippen molar-refractivity contribution in [2.45, 2.75) is 39.3 Å². The third-order valence-electron chi connectivity index (χ3n) is 5.67. The average Bonchev–Trinajstić information content (AvgIpc) is 2.90. The third kappa shape index (κ3) is 3.36. The molecule has 146 valence electrons. The number of fused-ring (bicyclic) bond motifs is 1. The van der Waals surface area contributed by atoms with Crippen LogP contribution in [0.1, 0.15) is 29.1 Å². The number of aryl methyl sites for hydroxylation is 2. The maximum absolute atomic E-state index is 12.9. The van der Waals surface area contributed by atoms with Crippen molar-refractivity contribution in [3.63, 3.8) is 0 Å². The van der Waals surface area contributed by atoms with Gasteiger partial charge in [0, 0.05) is 22.4 Å². The van der Waals surface area contributed by atoms with Gasteiger partial charge in [0.25, 0.3) is 5.56 Å². The molecule has 3 aromatic rings. The monoisotopic (exact) mass is 396 g/mol. The van der Waals surface area contributed by atoms with E-state index >= 15 is 0 Å². The molecule has 0 saturated heterocycles. The van der Waals surface area contributed by atoms with Crippen LogP contribution in [-0.2, 0) is 11.3 Å². The maximum Gasteiger partial charge on any atom is 0.260 e. The fourth-order valence-corrected chi connectivity index (χ4v) is 4.92. The number of H-pyrrole nitrogens is 1. The number of nitrogens with two attached hydrogens (primary N) is 1. The number of amides is 1. The first-order valence-electron chi connectivity index (χ1n) is 9.42. The Hall–Kier alpha value is -2.51. The van der Waals surface area contributed by atoms with Gasteiger partial charge in [-0.05, 0) is 39.3 Å². The zero-order valence-electron chi connectivity index (χ0n) is 16.3. The second-order valence-electron chi connectivity index (χ2n) is 7.73. The number of hydrogen-bond donors (Lipinski definition) is 2. The lowest BCUT2D eigenvalue weighted by molar-refractivity contribution is -0.126. The Morgan fingerprint density at radius 1 is 1.29 bits per heavy atom. The lowest BCUT2D eigenvalue weighted by Crippen LogP contribution is -2.47. The van der Waals surface area contributed by atoms with Crippen LogP contribution < -0.4 is 11.3 Å². The third-order valence-corrected chi connectivity index (χ3v) is 6.66. The lowest BCUT2D eigenvalue weighted by atomic mass is 9.79. The molecule has 0 radical (unpaired) electrons.